The normalized spacial score (nSPS) is 10.6. The molecule has 2 rings (SSSR count). The maximum atomic E-state index is 11.7. The van der Waals surface area contributed by atoms with Gasteiger partial charge in [0.15, 0.2) is 0 Å². The Morgan fingerprint density at radius 3 is 2.81 bits per heavy atom. The van der Waals surface area contributed by atoms with E-state index in [0.717, 1.165) is 22.3 Å². The van der Waals surface area contributed by atoms with E-state index in [1.165, 1.54) is 0 Å². The second kappa shape index (κ2) is 7.04. The van der Waals surface area contributed by atoms with Gasteiger partial charge in [-0.25, -0.2) is 4.98 Å². The number of benzene rings is 1. The van der Waals surface area contributed by atoms with Crippen molar-refractivity contribution >= 4 is 22.6 Å². The van der Waals surface area contributed by atoms with Gasteiger partial charge in [0.05, 0.1) is 5.52 Å². The molecule has 1 aromatic carbocycles. The van der Waals surface area contributed by atoms with Crippen LogP contribution in [0.3, 0.4) is 0 Å². The molecule has 1 amide bonds. The number of rotatable bonds is 6. The van der Waals surface area contributed by atoms with Crippen molar-refractivity contribution in [1.29, 1.82) is 0 Å². The standard InChI is InChI=1S/C16H22N4O/c1-20(2)15-10-12(11-18-16(21)8-5-9-17)13-6-3-4-7-14(13)19-15/h3-4,6-7,10H,5,8-9,11,17H2,1-2H3,(H,18,21). The maximum Gasteiger partial charge on any atom is 0.220 e. The number of hydrogen-bond donors (Lipinski definition) is 2. The van der Waals surface area contributed by atoms with Crippen LogP contribution in [0, 0.1) is 0 Å². The second-order valence-corrected chi connectivity index (χ2v) is 5.22. The second-order valence-electron chi connectivity index (χ2n) is 5.22. The zero-order valence-corrected chi connectivity index (χ0v) is 12.6. The molecule has 0 aliphatic carbocycles. The van der Waals surface area contributed by atoms with Crippen molar-refractivity contribution in [2.24, 2.45) is 5.73 Å². The molecule has 0 saturated heterocycles. The van der Waals surface area contributed by atoms with E-state index in [2.05, 4.69) is 10.3 Å². The fraction of sp³-hybridized carbons (Fsp3) is 0.375. The highest BCUT2D eigenvalue weighted by Crippen LogP contribution is 2.21. The van der Waals surface area contributed by atoms with Gasteiger partial charge in [0.25, 0.3) is 0 Å². The number of hydrogen-bond acceptors (Lipinski definition) is 4. The lowest BCUT2D eigenvalue weighted by Gasteiger charge is -2.15. The third kappa shape index (κ3) is 3.92. The molecule has 0 aliphatic heterocycles. The summed E-state index contributed by atoms with van der Waals surface area (Å²) in [6, 6.07) is 9.99. The third-order valence-corrected chi connectivity index (χ3v) is 3.33. The first-order valence-corrected chi connectivity index (χ1v) is 7.14. The van der Waals surface area contributed by atoms with Crippen LogP contribution in [0.4, 0.5) is 5.82 Å². The minimum Gasteiger partial charge on any atom is -0.363 e. The highest BCUT2D eigenvalue weighted by atomic mass is 16.1. The van der Waals surface area contributed by atoms with Crippen molar-refractivity contribution in [3.63, 3.8) is 0 Å². The van der Waals surface area contributed by atoms with Crippen molar-refractivity contribution in [3.05, 3.63) is 35.9 Å². The van der Waals surface area contributed by atoms with Crippen molar-refractivity contribution in [2.45, 2.75) is 19.4 Å². The van der Waals surface area contributed by atoms with Crippen LogP contribution in [-0.4, -0.2) is 31.5 Å². The van der Waals surface area contributed by atoms with Gasteiger partial charge in [-0.3, -0.25) is 4.79 Å². The first-order chi connectivity index (χ1) is 10.1. The number of nitrogens with two attached hydrogens (primary N) is 1. The molecule has 0 radical (unpaired) electrons. The number of nitrogens with one attached hydrogen (secondary N) is 1. The molecule has 1 aromatic heterocycles. The topological polar surface area (TPSA) is 71.2 Å². The van der Waals surface area contributed by atoms with Crippen LogP contribution in [0.1, 0.15) is 18.4 Å². The van der Waals surface area contributed by atoms with E-state index in [0.29, 0.717) is 25.9 Å². The van der Waals surface area contributed by atoms with Gasteiger partial charge < -0.3 is 16.0 Å². The fourth-order valence-electron chi connectivity index (χ4n) is 2.15. The molecule has 5 heteroatoms. The molecule has 21 heavy (non-hydrogen) atoms. The molecule has 0 spiro atoms. The summed E-state index contributed by atoms with van der Waals surface area (Å²) < 4.78 is 0. The number of carbonyl (C=O) groups excluding carboxylic acids is 1. The van der Waals surface area contributed by atoms with E-state index in [1.807, 2.05) is 49.3 Å². The molecule has 0 aliphatic rings. The number of nitrogens with zero attached hydrogens (tertiary/aromatic N) is 2. The Labute approximate surface area is 125 Å². The molecule has 0 bridgehead atoms. The Morgan fingerprint density at radius 1 is 1.33 bits per heavy atom. The number of carbonyl (C=O) groups is 1. The smallest absolute Gasteiger partial charge is 0.220 e. The third-order valence-electron chi connectivity index (χ3n) is 3.33. The van der Waals surface area contributed by atoms with Gasteiger partial charge in [-0.2, -0.15) is 0 Å². The van der Waals surface area contributed by atoms with Crippen molar-refractivity contribution < 1.29 is 4.79 Å². The summed E-state index contributed by atoms with van der Waals surface area (Å²) in [5.41, 5.74) is 7.43. The van der Waals surface area contributed by atoms with Gasteiger partial charge in [0.2, 0.25) is 5.91 Å². The molecule has 1 heterocycles. The van der Waals surface area contributed by atoms with Gasteiger partial charge in [0, 0.05) is 32.4 Å². The molecular weight excluding hydrogens is 264 g/mol. The number of para-hydroxylation sites is 1. The summed E-state index contributed by atoms with van der Waals surface area (Å²) in [5, 5.41) is 4.02. The molecule has 0 atom stereocenters. The summed E-state index contributed by atoms with van der Waals surface area (Å²) in [6.07, 6.45) is 1.19. The van der Waals surface area contributed by atoms with E-state index in [4.69, 9.17) is 5.73 Å². The number of pyridine rings is 1. The average Bonchev–Trinajstić information content (AvgIpc) is 2.50. The van der Waals surface area contributed by atoms with Crippen molar-refractivity contribution in [2.75, 3.05) is 25.5 Å². The number of anilines is 1. The van der Waals surface area contributed by atoms with Crippen LogP contribution in [0.25, 0.3) is 10.9 Å². The predicted molar refractivity (Wildman–Crippen MR) is 86.2 cm³/mol. The van der Waals surface area contributed by atoms with Crippen LogP contribution in [0.15, 0.2) is 30.3 Å². The largest absolute Gasteiger partial charge is 0.363 e. The predicted octanol–water partition coefficient (Wildman–Crippen LogP) is 1.66. The molecule has 0 fully saturated rings. The van der Waals surface area contributed by atoms with E-state index < -0.39 is 0 Å². The molecule has 5 nitrogen and oxygen atoms in total. The summed E-state index contributed by atoms with van der Waals surface area (Å²) >= 11 is 0. The Hall–Kier alpha value is -2.14. The molecular formula is C16H22N4O. The molecule has 3 N–H and O–H groups in total. The number of fused-ring (bicyclic) bond motifs is 1. The highest BCUT2D eigenvalue weighted by molar-refractivity contribution is 5.85. The van der Waals surface area contributed by atoms with Gasteiger partial charge in [-0.05, 0) is 30.7 Å². The minimum atomic E-state index is 0.0350. The van der Waals surface area contributed by atoms with Gasteiger partial charge in [-0.1, -0.05) is 18.2 Å². The fourth-order valence-corrected chi connectivity index (χ4v) is 2.15. The molecule has 0 unspecified atom stereocenters. The Morgan fingerprint density at radius 2 is 2.10 bits per heavy atom. The van der Waals surface area contributed by atoms with E-state index in [9.17, 15) is 4.79 Å². The average molecular weight is 286 g/mol. The van der Waals surface area contributed by atoms with Crippen LogP contribution >= 0.6 is 0 Å². The van der Waals surface area contributed by atoms with E-state index >= 15 is 0 Å². The first-order valence-electron chi connectivity index (χ1n) is 7.14. The maximum absolute atomic E-state index is 11.7. The number of amides is 1. The first kappa shape index (κ1) is 15.3. The quantitative estimate of drug-likeness (QED) is 0.847. The summed E-state index contributed by atoms with van der Waals surface area (Å²) in [7, 11) is 3.92. The molecule has 2 aromatic rings. The molecule has 112 valence electrons. The Balaban J connectivity index is 2.23. The van der Waals surface area contributed by atoms with E-state index in [1.54, 1.807) is 0 Å². The van der Waals surface area contributed by atoms with Crippen molar-refractivity contribution in [1.82, 2.24) is 10.3 Å². The Kier molecular flexibility index (Phi) is 5.11. The van der Waals surface area contributed by atoms with Crippen LogP contribution in [0.2, 0.25) is 0 Å². The minimum absolute atomic E-state index is 0.0350. The SMILES string of the molecule is CN(C)c1cc(CNC(=O)CCCN)c2ccccc2n1. The van der Waals surface area contributed by atoms with Crippen LogP contribution < -0.4 is 16.0 Å². The lowest BCUT2D eigenvalue weighted by molar-refractivity contribution is -0.121. The monoisotopic (exact) mass is 286 g/mol. The lowest BCUT2D eigenvalue weighted by Crippen LogP contribution is -2.23. The van der Waals surface area contributed by atoms with Gasteiger partial charge in [-0.15, -0.1) is 0 Å². The zero-order chi connectivity index (χ0) is 15.2. The zero-order valence-electron chi connectivity index (χ0n) is 12.6. The van der Waals surface area contributed by atoms with Gasteiger partial charge in [0.1, 0.15) is 5.82 Å². The highest BCUT2D eigenvalue weighted by Gasteiger charge is 2.08. The Bertz CT molecular complexity index is 625. The van der Waals surface area contributed by atoms with Crippen molar-refractivity contribution in [3.8, 4) is 0 Å². The number of aromatic nitrogens is 1. The van der Waals surface area contributed by atoms with Crippen LogP contribution in [-0.2, 0) is 11.3 Å². The van der Waals surface area contributed by atoms with E-state index in [-0.39, 0.29) is 5.91 Å². The summed E-state index contributed by atoms with van der Waals surface area (Å²) in [4.78, 5) is 18.3. The van der Waals surface area contributed by atoms with Gasteiger partial charge >= 0.3 is 0 Å². The summed E-state index contributed by atoms with van der Waals surface area (Å²) in [5.74, 6) is 0.924. The summed E-state index contributed by atoms with van der Waals surface area (Å²) in [6.45, 7) is 1.05. The van der Waals surface area contributed by atoms with Crippen LogP contribution in [0.5, 0.6) is 0 Å². The molecule has 0 saturated carbocycles. The lowest BCUT2D eigenvalue weighted by atomic mass is 10.1.